The summed E-state index contributed by atoms with van der Waals surface area (Å²) in [6, 6.07) is 17.1. The van der Waals surface area contributed by atoms with Crippen LogP contribution in [0, 0.1) is 11.7 Å². The number of nitrogens with one attached hydrogen (secondary N) is 1. The van der Waals surface area contributed by atoms with Gasteiger partial charge in [-0.1, -0.05) is 28.9 Å². The van der Waals surface area contributed by atoms with Crippen molar-refractivity contribution in [2.24, 2.45) is 5.92 Å². The maximum atomic E-state index is 13.1. The number of carbonyl (C=O) groups is 1. The van der Waals surface area contributed by atoms with E-state index in [0.29, 0.717) is 49.2 Å². The molecule has 2 aromatic carbocycles. The summed E-state index contributed by atoms with van der Waals surface area (Å²) in [5.41, 5.74) is 2.43. The average molecular weight is 492 g/mol. The predicted octanol–water partition coefficient (Wildman–Crippen LogP) is 5.12. The molecule has 0 atom stereocenters. The van der Waals surface area contributed by atoms with E-state index in [2.05, 4.69) is 25.3 Å². The van der Waals surface area contributed by atoms with Crippen LogP contribution in [0.15, 0.2) is 71.4 Å². The Morgan fingerprint density at radius 1 is 1.09 bits per heavy atom. The molecule has 0 aliphatic carbocycles. The molecular formula is C26H23ClFN5O2. The maximum Gasteiger partial charge on any atom is 0.261 e. The molecule has 1 N–H and O–H groups in total. The molecule has 0 unspecified atom stereocenters. The van der Waals surface area contributed by atoms with Crippen LogP contribution in [0.5, 0.6) is 0 Å². The first-order valence-electron chi connectivity index (χ1n) is 11.4. The molecule has 1 aliphatic heterocycles. The molecular weight excluding hydrogens is 469 g/mol. The zero-order valence-electron chi connectivity index (χ0n) is 18.8. The minimum absolute atomic E-state index is 0.0136. The summed E-state index contributed by atoms with van der Waals surface area (Å²) in [6.07, 6.45) is 3.13. The van der Waals surface area contributed by atoms with E-state index >= 15 is 0 Å². The molecule has 4 aromatic rings. The summed E-state index contributed by atoms with van der Waals surface area (Å²) in [4.78, 5) is 23.9. The summed E-state index contributed by atoms with van der Waals surface area (Å²) in [7, 11) is 0. The SMILES string of the molecule is O=C(NCc1ccc(F)cc1)C1CCN(c2ncccc2-c2nc(-c3ccc(Cl)cc3)no2)CC1. The molecule has 35 heavy (non-hydrogen) atoms. The fourth-order valence-electron chi connectivity index (χ4n) is 4.15. The zero-order chi connectivity index (χ0) is 24.2. The lowest BCUT2D eigenvalue weighted by Gasteiger charge is -2.32. The van der Waals surface area contributed by atoms with E-state index in [1.54, 1.807) is 30.5 Å². The van der Waals surface area contributed by atoms with Crippen molar-refractivity contribution in [1.29, 1.82) is 0 Å². The Morgan fingerprint density at radius 2 is 1.83 bits per heavy atom. The van der Waals surface area contributed by atoms with E-state index < -0.39 is 0 Å². The molecule has 5 rings (SSSR count). The Labute approximate surface area is 206 Å². The Kier molecular flexibility index (Phi) is 6.72. The van der Waals surface area contributed by atoms with Crippen LogP contribution in [0.2, 0.25) is 5.02 Å². The number of carbonyl (C=O) groups excluding carboxylic acids is 1. The van der Waals surface area contributed by atoms with Crippen molar-refractivity contribution in [3.05, 3.63) is 83.3 Å². The molecule has 0 saturated carbocycles. The maximum absolute atomic E-state index is 13.1. The van der Waals surface area contributed by atoms with Crippen molar-refractivity contribution < 1.29 is 13.7 Å². The first-order chi connectivity index (χ1) is 17.1. The molecule has 1 amide bonds. The van der Waals surface area contributed by atoms with Gasteiger partial charge in [-0.05, 0) is 66.9 Å². The van der Waals surface area contributed by atoms with Crippen LogP contribution in [-0.2, 0) is 11.3 Å². The van der Waals surface area contributed by atoms with Gasteiger partial charge in [0.15, 0.2) is 0 Å². The monoisotopic (exact) mass is 491 g/mol. The fourth-order valence-corrected chi connectivity index (χ4v) is 4.28. The summed E-state index contributed by atoms with van der Waals surface area (Å²) < 4.78 is 18.6. The largest absolute Gasteiger partial charge is 0.356 e. The Bertz CT molecular complexity index is 1300. The standard InChI is InChI=1S/C26H23ClFN5O2/c27-20-7-5-18(6-8-20)23-31-26(35-32-23)22-2-1-13-29-24(22)33-14-11-19(12-15-33)25(34)30-16-17-3-9-21(28)10-4-17/h1-10,13,19H,11-12,14-16H2,(H,30,34). The average Bonchev–Trinajstić information content (AvgIpc) is 3.39. The molecule has 0 spiro atoms. The van der Waals surface area contributed by atoms with Gasteiger partial charge in [0.25, 0.3) is 5.89 Å². The number of halogens is 2. The number of benzene rings is 2. The highest BCUT2D eigenvalue weighted by molar-refractivity contribution is 6.30. The third-order valence-electron chi connectivity index (χ3n) is 6.09. The number of piperidine rings is 1. The molecule has 1 saturated heterocycles. The molecule has 0 radical (unpaired) electrons. The number of pyridine rings is 1. The molecule has 1 aliphatic rings. The third-order valence-corrected chi connectivity index (χ3v) is 6.34. The second-order valence-corrected chi connectivity index (χ2v) is 8.85. The second kappa shape index (κ2) is 10.2. The van der Waals surface area contributed by atoms with Crippen LogP contribution in [-0.4, -0.2) is 34.1 Å². The highest BCUT2D eigenvalue weighted by atomic mass is 35.5. The number of anilines is 1. The van der Waals surface area contributed by atoms with Crippen molar-refractivity contribution >= 4 is 23.3 Å². The Hall–Kier alpha value is -3.78. The minimum atomic E-state index is -0.289. The molecule has 9 heteroatoms. The van der Waals surface area contributed by atoms with Crippen LogP contribution in [0.3, 0.4) is 0 Å². The second-order valence-electron chi connectivity index (χ2n) is 8.41. The topological polar surface area (TPSA) is 84.2 Å². The van der Waals surface area contributed by atoms with E-state index in [-0.39, 0.29) is 17.6 Å². The lowest BCUT2D eigenvalue weighted by molar-refractivity contribution is -0.125. The molecule has 0 bridgehead atoms. The van der Waals surface area contributed by atoms with Crippen molar-refractivity contribution in [2.75, 3.05) is 18.0 Å². The van der Waals surface area contributed by atoms with Gasteiger partial charge in [-0.3, -0.25) is 4.79 Å². The normalized spacial score (nSPS) is 14.2. The van der Waals surface area contributed by atoms with Crippen molar-refractivity contribution in [3.63, 3.8) is 0 Å². The first kappa shape index (κ1) is 23.0. The van der Waals surface area contributed by atoms with E-state index in [4.69, 9.17) is 16.1 Å². The van der Waals surface area contributed by atoms with Gasteiger partial charge in [-0.25, -0.2) is 9.37 Å². The summed E-state index contributed by atoms with van der Waals surface area (Å²) in [5, 5.41) is 7.72. The first-order valence-corrected chi connectivity index (χ1v) is 11.8. The predicted molar refractivity (Wildman–Crippen MR) is 131 cm³/mol. The molecule has 7 nitrogen and oxygen atoms in total. The van der Waals surface area contributed by atoms with Crippen LogP contribution >= 0.6 is 11.6 Å². The molecule has 2 aromatic heterocycles. The van der Waals surface area contributed by atoms with Crippen molar-refractivity contribution in [3.8, 4) is 22.8 Å². The quantitative estimate of drug-likeness (QED) is 0.403. The molecule has 1 fully saturated rings. The van der Waals surface area contributed by atoms with E-state index in [1.165, 1.54) is 12.1 Å². The number of aromatic nitrogens is 3. The Balaban J connectivity index is 1.23. The van der Waals surface area contributed by atoms with Crippen LogP contribution in [0.4, 0.5) is 10.2 Å². The highest BCUT2D eigenvalue weighted by Gasteiger charge is 2.27. The van der Waals surface area contributed by atoms with Gasteiger partial charge < -0.3 is 14.7 Å². The van der Waals surface area contributed by atoms with Gasteiger partial charge in [0.05, 0.1) is 5.56 Å². The molecule has 178 valence electrons. The number of amides is 1. The Morgan fingerprint density at radius 3 is 2.57 bits per heavy atom. The van der Waals surface area contributed by atoms with Crippen molar-refractivity contribution in [1.82, 2.24) is 20.4 Å². The van der Waals surface area contributed by atoms with E-state index in [0.717, 1.165) is 22.5 Å². The lowest BCUT2D eigenvalue weighted by atomic mass is 9.95. The number of hydrogen-bond acceptors (Lipinski definition) is 6. The van der Waals surface area contributed by atoms with Gasteiger partial charge >= 0.3 is 0 Å². The number of hydrogen-bond donors (Lipinski definition) is 1. The number of rotatable bonds is 6. The van der Waals surface area contributed by atoms with E-state index in [9.17, 15) is 9.18 Å². The number of nitrogens with zero attached hydrogens (tertiary/aromatic N) is 4. The minimum Gasteiger partial charge on any atom is -0.356 e. The van der Waals surface area contributed by atoms with Gasteiger partial charge in [0.2, 0.25) is 11.7 Å². The van der Waals surface area contributed by atoms with Crippen LogP contribution in [0.1, 0.15) is 18.4 Å². The third kappa shape index (κ3) is 5.33. The fraction of sp³-hybridized carbons (Fsp3) is 0.231. The summed E-state index contributed by atoms with van der Waals surface area (Å²) >= 11 is 5.97. The van der Waals surface area contributed by atoms with E-state index in [1.807, 2.05) is 24.3 Å². The van der Waals surface area contributed by atoms with Gasteiger partial charge in [-0.2, -0.15) is 4.98 Å². The van der Waals surface area contributed by atoms with Gasteiger partial charge in [-0.15, -0.1) is 0 Å². The van der Waals surface area contributed by atoms with Crippen molar-refractivity contribution in [2.45, 2.75) is 19.4 Å². The smallest absolute Gasteiger partial charge is 0.261 e. The van der Waals surface area contributed by atoms with Gasteiger partial charge in [0.1, 0.15) is 11.6 Å². The molecule has 3 heterocycles. The summed E-state index contributed by atoms with van der Waals surface area (Å²) in [5.74, 6) is 1.26. The zero-order valence-corrected chi connectivity index (χ0v) is 19.6. The van der Waals surface area contributed by atoms with Crippen LogP contribution in [0.25, 0.3) is 22.8 Å². The highest BCUT2D eigenvalue weighted by Crippen LogP contribution is 2.32. The van der Waals surface area contributed by atoms with Gasteiger partial charge in [0, 0.05) is 42.3 Å². The summed E-state index contributed by atoms with van der Waals surface area (Å²) in [6.45, 7) is 1.74. The lowest BCUT2D eigenvalue weighted by Crippen LogP contribution is -2.40. The van der Waals surface area contributed by atoms with Crippen LogP contribution < -0.4 is 10.2 Å².